The van der Waals surface area contributed by atoms with Gasteiger partial charge in [0.05, 0.1) is 5.56 Å². The first-order valence-corrected chi connectivity index (χ1v) is 7.82. The van der Waals surface area contributed by atoms with Crippen molar-refractivity contribution in [2.45, 2.75) is 27.2 Å². The summed E-state index contributed by atoms with van der Waals surface area (Å²) in [5, 5.41) is 0. The van der Waals surface area contributed by atoms with Crippen LogP contribution in [0.25, 0.3) is 0 Å². The number of rotatable bonds is 5. The normalized spacial score (nSPS) is 12.3. The number of benzene rings is 1. The van der Waals surface area contributed by atoms with Crippen molar-refractivity contribution in [1.82, 2.24) is 4.90 Å². The number of amides is 1. The maximum atomic E-state index is 12.5. The van der Waals surface area contributed by atoms with Crippen molar-refractivity contribution >= 4 is 37.8 Å². The predicted molar refractivity (Wildman–Crippen MR) is 82.9 cm³/mol. The molecule has 0 saturated heterocycles. The number of hydrogen-bond acceptors (Lipinski definition) is 1. The van der Waals surface area contributed by atoms with Gasteiger partial charge in [-0.25, -0.2) is 0 Å². The van der Waals surface area contributed by atoms with Crippen molar-refractivity contribution in [1.29, 1.82) is 0 Å². The van der Waals surface area contributed by atoms with Crippen molar-refractivity contribution < 1.29 is 4.79 Å². The van der Waals surface area contributed by atoms with E-state index in [4.69, 9.17) is 0 Å². The van der Waals surface area contributed by atoms with Crippen LogP contribution in [0.4, 0.5) is 0 Å². The fourth-order valence-corrected chi connectivity index (χ4v) is 2.47. The standard InChI is InChI=1S/C14H19Br2NO/c1-4-10(3)9-17(5-2)14(18)12-8-11(15)6-7-13(12)16/h6-8,10H,4-5,9H2,1-3H3. The number of carbonyl (C=O) groups is 1. The lowest BCUT2D eigenvalue weighted by atomic mass is 10.1. The second-order valence-corrected chi connectivity index (χ2v) is 6.25. The molecule has 0 radical (unpaired) electrons. The molecular formula is C14H19Br2NO. The molecule has 0 aliphatic rings. The number of halogens is 2. The predicted octanol–water partition coefficient (Wildman–Crippen LogP) is 4.72. The van der Waals surface area contributed by atoms with Gasteiger partial charge in [0.1, 0.15) is 0 Å². The summed E-state index contributed by atoms with van der Waals surface area (Å²) >= 11 is 6.85. The summed E-state index contributed by atoms with van der Waals surface area (Å²) < 4.78 is 1.77. The van der Waals surface area contributed by atoms with Crippen LogP contribution >= 0.6 is 31.9 Å². The van der Waals surface area contributed by atoms with Gasteiger partial charge in [-0.3, -0.25) is 4.79 Å². The maximum absolute atomic E-state index is 12.5. The number of carbonyl (C=O) groups excluding carboxylic acids is 1. The van der Waals surface area contributed by atoms with Gasteiger partial charge in [-0.05, 0) is 47.0 Å². The van der Waals surface area contributed by atoms with E-state index in [0.717, 1.165) is 34.0 Å². The minimum atomic E-state index is 0.0889. The highest BCUT2D eigenvalue weighted by Gasteiger charge is 2.18. The molecule has 0 heterocycles. The minimum Gasteiger partial charge on any atom is -0.339 e. The highest BCUT2D eigenvalue weighted by Crippen LogP contribution is 2.23. The quantitative estimate of drug-likeness (QED) is 0.727. The molecule has 0 bridgehead atoms. The topological polar surface area (TPSA) is 20.3 Å². The summed E-state index contributed by atoms with van der Waals surface area (Å²) in [4.78, 5) is 14.4. The third-order valence-corrected chi connectivity index (χ3v) is 4.24. The molecule has 1 aromatic rings. The zero-order valence-corrected chi connectivity index (χ0v) is 14.2. The smallest absolute Gasteiger partial charge is 0.255 e. The zero-order chi connectivity index (χ0) is 13.7. The van der Waals surface area contributed by atoms with E-state index < -0.39 is 0 Å². The summed E-state index contributed by atoms with van der Waals surface area (Å²) in [6.45, 7) is 7.89. The highest BCUT2D eigenvalue weighted by molar-refractivity contribution is 9.11. The summed E-state index contributed by atoms with van der Waals surface area (Å²) in [5.41, 5.74) is 0.717. The van der Waals surface area contributed by atoms with Gasteiger partial charge in [0, 0.05) is 22.0 Å². The molecule has 1 unspecified atom stereocenters. The first-order valence-electron chi connectivity index (χ1n) is 6.23. The molecule has 0 aromatic heterocycles. The molecule has 0 aliphatic carbocycles. The monoisotopic (exact) mass is 375 g/mol. The Morgan fingerprint density at radius 3 is 2.56 bits per heavy atom. The van der Waals surface area contributed by atoms with Crippen molar-refractivity contribution in [3.05, 3.63) is 32.7 Å². The summed E-state index contributed by atoms with van der Waals surface area (Å²) in [5.74, 6) is 0.616. The Balaban J connectivity index is 2.92. The third-order valence-electron chi connectivity index (χ3n) is 3.06. The lowest BCUT2D eigenvalue weighted by Crippen LogP contribution is -2.34. The van der Waals surface area contributed by atoms with Crippen LogP contribution in [0.1, 0.15) is 37.6 Å². The van der Waals surface area contributed by atoms with Gasteiger partial charge >= 0.3 is 0 Å². The largest absolute Gasteiger partial charge is 0.339 e. The Hall–Kier alpha value is -0.350. The summed E-state index contributed by atoms with van der Waals surface area (Å²) in [6, 6.07) is 5.69. The van der Waals surface area contributed by atoms with Crippen molar-refractivity contribution in [3.63, 3.8) is 0 Å². The fraction of sp³-hybridized carbons (Fsp3) is 0.500. The van der Waals surface area contributed by atoms with Gasteiger partial charge in [-0.2, -0.15) is 0 Å². The van der Waals surface area contributed by atoms with Gasteiger partial charge in [-0.1, -0.05) is 36.2 Å². The molecule has 100 valence electrons. The summed E-state index contributed by atoms with van der Waals surface area (Å²) in [7, 11) is 0. The molecule has 0 saturated carbocycles. The van der Waals surface area contributed by atoms with Crippen molar-refractivity contribution in [2.75, 3.05) is 13.1 Å². The summed E-state index contributed by atoms with van der Waals surface area (Å²) in [6.07, 6.45) is 1.09. The maximum Gasteiger partial charge on any atom is 0.255 e. The van der Waals surface area contributed by atoms with Crippen LogP contribution in [0.15, 0.2) is 27.1 Å². The number of hydrogen-bond donors (Lipinski definition) is 0. The van der Waals surface area contributed by atoms with E-state index in [1.807, 2.05) is 30.0 Å². The van der Waals surface area contributed by atoms with E-state index in [9.17, 15) is 4.79 Å². The van der Waals surface area contributed by atoms with Gasteiger partial charge in [0.15, 0.2) is 0 Å². The molecule has 1 aromatic carbocycles. The average molecular weight is 377 g/mol. The Bertz CT molecular complexity index is 420. The van der Waals surface area contributed by atoms with Crippen LogP contribution in [0.5, 0.6) is 0 Å². The molecule has 1 amide bonds. The molecule has 18 heavy (non-hydrogen) atoms. The van der Waals surface area contributed by atoms with Gasteiger partial charge in [0.25, 0.3) is 5.91 Å². The minimum absolute atomic E-state index is 0.0889. The van der Waals surface area contributed by atoms with Crippen LogP contribution in [0.2, 0.25) is 0 Å². The first kappa shape index (κ1) is 15.7. The van der Waals surface area contributed by atoms with Gasteiger partial charge in [-0.15, -0.1) is 0 Å². The van der Waals surface area contributed by atoms with Crippen LogP contribution < -0.4 is 0 Å². The molecule has 0 spiro atoms. The van der Waals surface area contributed by atoms with Crippen LogP contribution in [0.3, 0.4) is 0 Å². The van der Waals surface area contributed by atoms with E-state index in [0.29, 0.717) is 5.92 Å². The SMILES string of the molecule is CCC(C)CN(CC)C(=O)c1cc(Br)ccc1Br. The highest BCUT2D eigenvalue weighted by atomic mass is 79.9. The third kappa shape index (κ3) is 4.09. The molecule has 1 atom stereocenters. The first-order chi connectivity index (χ1) is 8.49. The van der Waals surface area contributed by atoms with Crippen LogP contribution in [-0.4, -0.2) is 23.9 Å². The average Bonchev–Trinajstić information content (AvgIpc) is 2.37. The fourth-order valence-electron chi connectivity index (χ4n) is 1.69. The Kier molecular flexibility index (Phi) is 6.36. The van der Waals surface area contributed by atoms with E-state index in [-0.39, 0.29) is 5.91 Å². The molecule has 0 fully saturated rings. The van der Waals surface area contributed by atoms with E-state index >= 15 is 0 Å². The van der Waals surface area contributed by atoms with Crippen LogP contribution in [-0.2, 0) is 0 Å². The Morgan fingerprint density at radius 1 is 1.33 bits per heavy atom. The lowest BCUT2D eigenvalue weighted by molar-refractivity contribution is 0.0740. The Morgan fingerprint density at radius 2 is 2.00 bits per heavy atom. The Labute approximate surface area is 126 Å². The molecule has 1 rings (SSSR count). The van der Waals surface area contributed by atoms with E-state index in [1.54, 1.807) is 0 Å². The van der Waals surface area contributed by atoms with Crippen LogP contribution in [0, 0.1) is 5.92 Å². The second-order valence-electron chi connectivity index (χ2n) is 4.48. The van der Waals surface area contributed by atoms with Gasteiger partial charge in [0.2, 0.25) is 0 Å². The molecular weight excluding hydrogens is 358 g/mol. The van der Waals surface area contributed by atoms with Crippen molar-refractivity contribution in [2.24, 2.45) is 5.92 Å². The van der Waals surface area contributed by atoms with Gasteiger partial charge < -0.3 is 4.90 Å². The molecule has 0 aliphatic heterocycles. The molecule has 4 heteroatoms. The zero-order valence-electron chi connectivity index (χ0n) is 11.0. The second kappa shape index (κ2) is 7.29. The lowest BCUT2D eigenvalue weighted by Gasteiger charge is -2.24. The molecule has 0 N–H and O–H groups in total. The van der Waals surface area contributed by atoms with E-state index in [2.05, 4.69) is 45.7 Å². The van der Waals surface area contributed by atoms with E-state index in [1.165, 1.54) is 0 Å². The number of nitrogens with zero attached hydrogens (tertiary/aromatic N) is 1. The van der Waals surface area contributed by atoms with Crippen molar-refractivity contribution in [3.8, 4) is 0 Å². The molecule has 2 nitrogen and oxygen atoms in total.